The van der Waals surface area contributed by atoms with Gasteiger partial charge < -0.3 is 10.1 Å². The van der Waals surface area contributed by atoms with Gasteiger partial charge >= 0.3 is 0 Å². The zero-order valence-electron chi connectivity index (χ0n) is 17.7. The van der Waals surface area contributed by atoms with Crippen LogP contribution in [0.25, 0.3) is 11.0 Å². The third-order valence-electron chi connectivity index (χ3n) is 5.28. The number of ether oxygens (including phenoxy) is 1. The number of amides is 1. The summed E-state index contributed by atoms with van der Waals surface area (Å²) in [5.74, 6) is 0.443. The lowest BCUT2D eigenvalue weighted by atomic mass is 9.82. The van der Waals surface area contributed by atoms with Crippen LogP contribution in [0.15, 0.2) is 84.9 Å². The number of benzene rings is 3. The summed E-state index contributed by atoms with van der Waals surface area (Å²) in [5.41, 5.74) is 2.51. The molecular formula is C25H26N4O2. The van der Waals surface area contributed by atoms with Crippen LogP contribution in [-0.2, 0) is 11.2 Å². The maximum absolute atomic E-state index is 12.9. The molecule has 4 aromatic rings. The van der Waals surface area contributed by atoms with Crippen molar-refractivity contribution in [1.29, 1.82) is 0 Å². The van der Waals surface area contributed by atoms with E-state index in [1.165, 1.54) is 5.56 Å². The molecule has 0 aliphatic carbocycles. The standard InChI is InChI=1S/C25H26N4O2/c1-25(2,17-19-11-5-3-6-12-19)24(29-22-16-10-9-15-21(22)27-28-29)26-23(30)18-31-20-13-7-4-8-14-20/h3-16,24H,17-18H2,1-2H3,(H,26,30). The minimum atomic E-state index is -0.410. The summed E-state index contributed by atoms with van der Waals surface area (Å²) in [5, 5.41) is 11.8. The summed E-state index contributed by atoms with van der Waals surface area (Å²) in [6, 6.07) is 27.3. The molecule has 0 bridgehead atoms. The second-order valence-electron chi connectivity index (χ2n) is 8.25. The lowest BCUT2D eigenvalue weighted by molar-refractivity contribution is -0.125. The van der Waals surface area contributed by atoms with Gasteiger partial charge in [0.25, 0.3) is 5.91 Å². The molecule has 31 heavy (non-hydrogen) atoms. The van der Waals surface area contributed by atoms with Gasteiger partial charge in [0.1, 0.15) is 17.4 Å². The number of fused-ring (bicyclic) bond motifs is 1. The first kappa shape index (κ1) is 20.6. The zero-order chi connectivity index (χ0) is 21.7. The van der Waals surface area contributed by atoms with E-state index in [2.05, 4.69) is 41.6 Å². The molecule has 3 aromatic carbocycles. The van der Waals surface area contributed by atoms with E-state index < -0.39 is 6.17 Å². The summed E-state index contributed by atoms with van der Waals surface area (Å²) < 4.78 is 7.45. The lowest BCUT2D eigenvalue weighted by Gasteiger charge is -2.35. The fourth-order valence-electron chi connectivity index (χ4n) is 3.74. The Morgan fingerprint density at radius 1 is 0.968 bits per heavy atom. The Morgan fingerprint density at radius 3 is 2.35 bits per heavy atom. The van der Waals surface area contributed by atoms with Crippen LogP contribution in [0.5, 0.6) is 5.75 Å². The first-order valence-corrected chi connectivity index (χ1v) is 10.3. The summed E-state index contributed by atoms with van der Waals surface area (Å²) in [6.45, 7) is 4.17. The van der Waals surface area contributed by atoms with Crippen molar-refractivity contribution in [1.82, 2.24) is 20.3 Å². The Kier molecular flexibility index (Phi) is 5.98. The SMILES string of the molecule is CC(C)(Cc1ccccc1)C(NC(=O)COc1ccccc1)n1nnc2ccccc21. The van der Waals surface area contributed by atoms with Crippen LogP contribution in [0.4, 0.5) is 0 Å². The van der Waals surface area contributed by atoms with Gasteiger partial charge in [0.15, 0.2) is 6.61 Å². The predicted octanol–water partition coefficient (Wildman–Crippen LogP) is 4.39. The van der Waals surface area contributed by atoms with Gasteiger partial charge in [0.2, 0.25) is 0 Å². The molecule has 1 aromatic heterocycles. The van der Waals surface area contributed by atoms with Crippen LogP contribution in [-0.4, -0.2) is 27.5 Å². The normalized spacial score (nSPS) is 12.5. The van der Waals surface area contributed by atoms with E-state index in [1.807, 2.05) is 72.8 Å². The Labute approximate surface area is 181 Å². The first-order valence-electron chi connectivity index (χ1n) is 10.3. The molecule has 0 saturated heterocycles. The van der Waals surface area contributed by atoms with E-state index in [-0.39, 0.29) is 17.9 Å². The number of nitrogens with zero attached hydrogens (tertiary/aromatic N) is 3. The highest BCUT2D eigenvalue weighted by atomic mass is 16.5. The maximum atomic E-state index is 12.9. The number of rotatable bonds is 8. The molecule has 4 rings (SSSR count). The number of carbonyl (C=O) groups excluding carboxylic acids is 1. The zero-order valence-corrected chi connectivity index (χ0v) is 17.7. The Bertz CT molecular complexity index is 1140. The molecule has 0 fully saturated rings. The highest BCUT2D eigenvalue weighted by Gasteiger charge is 2.34. The molecular weight excluding hydrogens is 388 g/mol. The van der Waals surface area contributed by atoms with E-state index in [0.717, 1.165) is 17.5 Å². The second-order valence-corrected chi connectivity index (χ2v) is 8.25. The van der Waals surface area contributed by atoms with Gasteiger partial charge in [-0.1, -0.05) is 79.7 Å². The predicted molar refractivity (Wildman–Crippen MR) is 121 cm³/mol. The third kappa shape index (κ3) is 4.91. The average Bonchev–Trinajstić information content (AvgIpc) is 3.21. The van der Waals surface area contributed by atoms with Gasteiger partial charge in [-0.05, 0) is 36.2 Å². The summed E-state index contributed by atoms with van der Waals surface area (Å²) in [4.78, 5) is 12.9. The molecule has 1 unspecified atom stereocenters. The molecule has 0 aliphatic heterocycles. The van der Waals surface area contributed by atoms with E-state index in [9.17, 15) is 4.79 Å². The molecule has 1 N–H and O–H groups in total. The number of hydrogen-bond donors (Lipinski definition) is 1. The molecule has 0 aliphatic rings. The van der Waals surface area contributed by atoms with E-state index in [4.69, 9.17) is 4.74 Å². The topological polar surface area (TPSA) is 69.0 Å². The highest BCUT2D eigenvalue weighted by molar-refractivity contribution is 5.78. The molecule has 0 radical (unpaired) electrons. The Morgan fingerprint density at radius 2 is 1.61 bits per heavy atom. The second kappa shape index (κ2) is 9.00. The van der Waals surface area contributed by atoms with Gasteiger partial charge in [-0.3, -0.25) is 4.79 Å². The minimum Gasteiger partial charge on any atom is -0.484 e. The third-order valence-corrected chi connectivity index (χ3v) is 5.28. The van der Waals surface area contributed by atoms with Crippen molar-refractivity contribution < 1.29 is 9.53 Å². The van der Waals surface area contributed by atoms with Gasteiger partial charge in [0, 0.05) is 5.41 Å². The van der Waals surface area contributed by atoms with Crippen molar-refractivity contribution in [3.8, 4) is 5.75 Å². The van der Waals surface area contributed by atoms with Crippen molar-refractivity contribution in [3.05, 3.63) is 90.5 Å². The number of aromatic nitrogens is 3. The Balaban J connectivity index is 1.60. The molecule has 6 heteroatoms. The maximum Gasteiger partial charge on any atom is 0.259 e. The number of carbonyl (C=O) groups is 1. The first-order chi connectivity index (χ1) is 15.0. The fraction of sp³-hybridized carbons (Fsp3) is 0.240. The van der Waals surface area contributed by atoms with Crippen molar-refractivity contribution in [2.45, 2.75) is 26.4 Å². The fourth-order valence-corrected chi connectivity index (χ4v) is 3.74. The highest BCUT2D eigenvalue weighted by Crippen LogP contribution is 2.34. The largest absolute Gasteiger partial charge is 0.484 e. The monoisotopic (exact) mass is 414 g/mol. The van der Waals surface area contributed by atoms with Crippen molar-refractivity contribution in [2.75, 3.05) is 6.61 Å². The van der Waals surface area contributed by atoms with E-state index in [0.29, 0.717) is 5.75 Å². The average molecular weight is 415 g/mol. The minimum absolute atomic E-state index is 0.0748. The van der Waals surface area contributed by atoms with Gasteiger partial charge in [-0.2, -0.15) is 0 Å². The van der Waals surface area contributed by atoms with Crippen LogP contribution in [0.1, 0.15) is 25.6 Å². The van der Waals surface area contributed by atoms with Gasteiger partial charge in [0.05, 0.1) is 5.52 Å². The molecule has 1 amide bonds. The molecule has 1 heterocycles. The lowest BCUT2D eigenvalue weighted by Crippen LogP contribution is -2.44. The van der Waals surface area contributed by atoms with Crippen LogP contribution in [0, 0.1) is 5.41 Å². The van der Waals surface area contributed by atoms with Crippen molar-refractivity contribution in [2.24, 2.45) is 5.41 Å². The quantitative estimate of drug-likeness (QED) is 0.464. The molecule has 158 valence electrons. The van der Waals surface area contributed by atoms with E-state index >= 15 is 0 Å². The summed E-state index contributed by atoms with van der Waals surface area (Å²) in [6.07, 6.45) is 0.346. The number of nitrogens with one attached hydrogen (secondary N) is 1. The summed E-state index contributed by atoms with van der Waals surface area (Å²) in [7, 11) is 0. The molecule has 0 saturated carbocycles. The van der Waals surface area contributed by atoms with Crippen LogP contribution in [0.3, 0.4) is 0 Å². The van der Waals surface area contributed by atoms with Crippen molar-refractivity contribution >= 4 is 16.9 Å². The van der Waals surface area contributed by atoms with Gasteiger partial charge in [-0.25, -0.2) is 4.68 Å². The van der Waals surface area contributed by atoms with E-state index in [1.54, 1.807) is 4.68 Å². The van der Waals surface area contributed by atoms with Crippen LogP contribution in [0.2, 0.25) is 0 Å². The van der Waals surface area contributed by atoms with Gasteiger partial charge in [-0.15, -0.1) is 5.10 Å². The Hall–Kier alpha value is -3.67. The number of para-hydroxylation sites is 2. The van der Waals surface area contributed by atoms with Crippen LogP contribution >= 0.6 is 0 Å². The molecule has 1 atom stereocenters. The molecule has 0 spiro atoms. The van der Waals surface area contributed by atoms with Crippen LogP contribution < -0.4 is 10.1 Å². The number of hydrogen-bond acceptors (Lipinski definition) is 4. The smallest absolute Gasteiger partial charge is 0.259 e. The molecule has 6 nitrogen and oxygen atoms in total. The van der Waals surface area contributed by atoms with Crippen molar-refractivity contribution in [3.63, 3.8) is 0 Å². The summed E-state index contributed by atoms with van der Waals surface area (Å²) >= 11 is 0.